The predicted molar refractivity (Wildman–Crippen MR) is 150 cm³/mol. The zero-order valence-electron chi connectivity index (χ0n) is 25.2. The monoisotopic (exact) mass is 891 g/mol. The molecule has 47 heavy (non-hydrogen) atoms. The van der Waals surface area contributed by atoms with Crippen molar-refractivity contribution in [3.63, 3.8) is 0 Å². The van der Waals surface area contributed by atoms with Gasteiger partial charge in [-0.2, -0.15) is 50.5 Å². The van der Waals surface area contributed by atoms with Crippen molar-refractivity contribution in [1.82, 2.24) is 9.80 Å². The van der Waals surface area contributed by atoms with Crippen LogP contribution >= 0.6 is 0 Å². The van der Waals surface area contributed by atoms with E-state index in [2.05, 4.69) is 65.2 Å². The van der Waals surface area contributed by atoms with Gasteiger partial charge in [0.25, 0.3) is 0 Å². The fraction of sp³-hybridized carbons (Fsp3) is 1.00. The Morgan fingerprint density at radius 1 is 0.362 bits per heavy atom. The summed E-state index contributed by atoms with van der Waals surface area (Å²) in [6.07, 6.45) is 0. The van der Waals surface area contributed by atoms with Gasteiger partial charge in [-0.25, -0.2) is 0 Å². The fourth-order valence-corrected chi connectivity index (χ4v) is 2.46. The summed E-state index contributed by atoms with van der Waals surface area (Å²) in [5.74, 6) is 0. The molecule has 301 valence electrons. The maximum absolute atomic E-state index is 10.2. The van der Waals surface area contributed by atoms with Gasteiger partial charge in [0.1, 0.15) is 0 Å². The van der Waals surface area contributed by atoms with Gasteiger partial charge in [0.15, 0.2) is 0 Å². The summed E-state index contributed by atoms with van der Waals surface area (Å²) in [5, 5.41) is 0. The first-order chi connectivity index (χ1) is 19.3. The molecule has 1 radical (unpaired) electrons. The predicted octanol–water partition coefficient (Wildman–Crippen LogP) is 1.77. The van der Waals surface area contributed by atoms with E-state index in [-0.39, 0.29) is 17.1 Å². The van der Waals surface area contributed by atoms with Crippen LogP contribution in [-0.2, 0) is 80.1 Å². The second-order valence-corrected chi connectivity index (χ2v) is 13.3. The van der Waals surface area contributed by atoms with Crippen molar-refractivity contribution < 1.29 is 118 Å². The zero-order chi connectivity index (χ0) is 39.9. The van der Waals surface area contributed by atoms with Crippen LogP contribution < -0.4 is 0 Å². The minimum Gasteiger partial charge on any atom is -0.297 e. The van der Waals surface area contributed by atoms with Gasteiger partial charge in [-0.05, 0) is 55.4 Å². The average molecular weight is 892 g/mol. The molecule has 0 bridgehead atoms. The van der Waals surface area contributed by atoms with Gasteiger partial charge in [0.2, 0.25) is 0 Å². The minimum absolute atomic E-state index is 0. The molecule has 0 atom stereocenters. The van der Waals surface area contributed by atoms with E-state index in [4.69, 9.17) is 77.8 Å². The van der Waals surface area contributed by atoms with Crippen molar-refractivity contribution in [1.29, 1.82) is 0 Å². The van der Waals surface area contributed by atoms with Crippen molar-refractivity contribution in [2.75, 3.05) is 13.1 Å². The van der Waals surface area contributed by atoms with Crippen LogP contribution in [0.2, 0.25) is 0 Å². The second-order valence-electron chi connectivity index (χ2n) is 8.32. The number of hydrogen-bond acceptors (Lipinski definition) is 14. The first-order valence-electron chi connectivity index (χ1n) is 10.8. The van der Waals surface area contributed by atoms with E-state index in [9.17, 15) is 23.3 Å². The molecule has 0 aromatic rings. The maximum Gasteiger partial charge on any atom is 0.435 e. The molecule has 0 aliphatic carbocycles. The van der Waals surface area contributed by atoms with Gasteiger partial charge in [0, 0.05) is 54.3 Å². The average Bonchev–Trinajstić information content (AvgIpc) is 2.55. The Morgan fingerprint density at radius 2 is 0.426 bits per heavy atom. The van der Waals surface area contributed by atoms with Crippen LogP contribution in [0.1, 0.15) is 55.4 Å². The van der Waals surface area contributed by atoms with Gasteiger partial charge in [-0.3, -0.25) is 37.1 Å². The first kappa shape index (κ1) is 64.9. The van der Waals surface area contributed by atoms with Crippen LogP contribution in [0.5, 0.6) is 0 Å². The van der Waals surface area contributed by atoms with E-state index in [1.54, 1.807) is 0 Å². The Hall–Kier alpha value is -0.521. The van der Waals surface area contributed by atoms with Crippen LogP contribution in [0.4, 0.5) is 23.3 Å². The Balaban J connectivity index is -0.0000000686. The van der Waals surface area contributed by atoms with Gasteiger partial charge in [-0.15, -0.1) is 0 Å². The quantitative estimate of drug-likeness (QED) is 0.0918. The minimum atomic E-state index is -5.17. The Kier molecular flexibility index (Phi) is 40.4. The van der Waals surface area contributed by atoms with E-state index in [1.807, 2.05) is 0 Å². The fourth-order valence-electron chi connectivity index (χ4n) is 2.46. The van der Waals surface area contributed by atoms with Crippen LogP contribution in [0.15, 0.2) is 0 Å². The third-order valence-corrected chi connectivity index (χ3v) is 3.27. The summed E-state index contributed by atoms with van der Waals surface area (Å²) in [6, 6.07) is 2.56. The molecule has 0 amide bonds. The largest absolute Gasteiger partial charge is 0.435 e. The van der Waals surface area contributed by atoms with Crippen molar-refractivity contribution in [3.8, 4) is 0 Å². The zero-order valence-corrected chi connectivity index (χ0v) is 31.1. The summed E-state index contributed by atoms with van der Waals surface area (Å²) in [7, 11) is -31.0. The second kappa shape index (κ2) is 29.2. The van der Waals surface area contributed by atoms with Gasteiger partial charge >= 0.3 is 63.0 Å². The van der Waals surface area contributed by atoms with Crippen LogP contribution in [0, 0.1) is 0 Å². The Labute approximate surface area is 282 Å². The number of nitrogens with zero attached hydrogens (tertiary/aromatic N) is 2. The molecule has 0 fully saturated rings. The van der Waals surface area contributed by atoms with Gasteiger partial charge < -0.3 is 0 Å². The molecule has 0 saturated carbocycles. The summed E-state index contributed by atoms with van der Waals surface area (Å²) in [4.78, 5) is 5.13. The van der Waals surface area contributed by atoms with Crippen molar-refractivity contribution in [2.45, 2.75) is 79.6 Å². The first-order valence-corrected chi connectivity index (χ1v) is 18.8. The van der Waals surface area contributed by atoms with Crippen LogP contribution in [-0.4, -0.2) is 125 Å². The molecule has 0 aliphatic heterocycles. The van der Waals surface area contributed by atoms with E-state index < -0.39 is 63.0 Å². The molecule has 20 nitrogen and oxygen atoms in total. The van der Waals surface area contributed by atoms with E-state index in [1.165, 1.54) is 13.1 Å². The molecule has 0 aromatic heterocycles. The summed E-state index contributed by atoms with van der Waals surface area (Å²) in [6.45, 7) is 20.6. The van der Waals surface area contributed by atoms with Gasteiger partial charge in [0.05, 0.1) is 0 Å². The van der Waals surface area contributed by atoms with Crippen LogP contribution in [0.3, 0.4) is 0 Å². The molecule has 0 rings (SSSR count). The van der Waals surface area contributed by atoms with Gasteiger partial charge in [-0.1, -0.05) is 23.3 Å². The SMILES string of the molecule is CC(C)N(CCN(C(C)C)C(C)C)C(C)C.O=S(=O)(O)F.O=S(=O)(O)F.O=S(=O)(O)F.O=S(=O)(O)F.O=S(=O)(O)F.O=S(=O)(O)F.[Cu]. The van der Waals surface area contributed by atoms with E-state index in [0.717, 1.165) is 0 Å². The Morgan fingerprint density at radius 3 is 0.468 bits per heavy atom. The molecule has 0 heterocycles. The third kappa shape index (κ3) is 205. The standard InChI is InChI=1S/C14H32N2.Cu.6FHO3S/c1-11(2)15(12(3)4)9-10-16(13(5)6)14(7)8;;6*1-5(2,3)4/h11-14H,9-10H2,1-8H3;;6*(H,2,3,4). The summed E-state index contributed by atoms with van der Waals surface area (Å²) < 4.78 is 204. The Bertz CT molecular complexity index is 1110. The molecule has 6 N–H and O–H groups in total. The molecule has 0 unspecified atom stereocenters. The maximum atomic E-state index is 10.2. The van der Waals surface area contributed by atoms with E-state index in [0.29, 0.717) is 24.2 Å². The summed E-state index contributed by atoms with van der Waals surface area (Å²) >= 11 is 0. The third-order valence-electron chi connectivity index (χ3n) is 3.27. The smallest absolute Gasteiger partial charge is 0.297 e. The van der Waals surface area contributed by atoms with Crippen molar-refractivity contribution in [2.24, 2.45) is 0 Å². The number of rotatable bonds is 7. The van der Waals surface area contributed by atoms with E-state index >= 15 is 0 Å². The van der Waals surface area contributed by atoms with Crippen molar-refractivity contribution >= 4 is 63.0 Å². The normalized spacial score (nSPS) is 11.9. The molecular weight excluding hydrogens is 854 g/mol. The molecule has 0 aromatic carbocycles. The molecule has 33 heteroatoms. The molecule has 0 spiro atoms. The number of halogens is 6. The molecular formula is C14H38CuF6N2O18S6. The topological polar surface area (TPSA) is 333 Å². The van der Waals surface area contributed by atoms with Crippen molar-refractivity contribution in [3.05, 3.63) is 0 Å². The van der Waals surface area contributed by atoms with Crippen LogP contribution in [0.25, 0.3) is 0 Å². The molecule has 0 saturated heterocycles. The number of hydrogen-bond donors (Lipinski definition) is 6. The molecule has 0 aliphatic rings. The summed E-state index contributed by atoms with van der Waals surface area (Å²) in [5.41, 5.74) is 0.